The van der Waals surface area contributed by atoms with Crippen molar-refractivity contribution in [3.8, 4) is 0 Å². The van der Waals surface area contributed by atoms with Crippen molar-refractivity contribution >= 4 is 7.85 Å². The van der Waals surface area contributed by atoms with Crippen molar-refractivity contribution in [1.82, 2.24) is 0 Å². The van der Waals surface area contributed by atoms with Crippen molar-refractivity contribution < 1.29 is 9.68 Å². The van der Waals surface area contributed by atoms with E-state index in [2.05, 4.69) is 21.5 Å². The van der Waals surface area contributed by atoms with Gasteiger partial charge < -0.3 is 9.68 Å². The Morgan fingerprint density at radius 2 is 2.14 bits per heavy atom. The molecule has 0 spiro atoms. The van der Waals surface area contributed by atoms with Crippen LogP contribution in [0.1, 0.15) is 0 Å². The zero-order valence-corrected chi connectivity index (χ0v) is 3.83. The van der Waals surface area contributed by atoms with E-state index in [1.165, 1.54) is 0 Å². The second-order valence-corrected chi connectivity index (χ2v) is 1.01. The molecule has 0 aromatic carbocycles. The molecular weight excluding hydrogens is 94.8 g/mol. The van der Waals surface area contributed by atoms with Crippen molar-refractivity contribution in [2.75, 3.05) is 6.61 Å². The van der Waals surface area contributed by atoms with Gasteiger partial charge in [-0.05, 0) is 0 Å². The average Bonchev–Trinajstić information content (AvgIpc) is 1.68. The van der Waals surface area contributed by atoms with E-state index >= 15 is 0 Å². The molecular formula is C2H7BN2O2. The molecule has 7 heavy (non-hydrogen) atoms. The summed E-state index contributed by atoms with van der Waals surface area (Å²) in [6.07, 6.45) is 0. The van der Waals surface area contributed by atoms with E-state index in [9.17, 15) is 0 Å². The predicted octanol–water partition coefficient (Wildman–Crippen LogP) is -1.74. The first-order chi connectivity index (χ1) is 3.31. The first-order valence-electron chi connectivity index (χ1n) is 1.74. The van der Waals surface area contributed by atoms with Crippen LogP contribution in [0.5, 0.6) is 0 Å². The molecule has 0 aliphatic rings. The monoisotopic (exact) mass is 102 g/mol. The Labute approximate surface area is 43.1 Å². The predicted molar refractivity (Wildman–Crippen MR) is 25.0 cm³/mol. The highest BCUT2D eigenvalue weighted by molar-refractivity contribution is 6.11. The zero-order valence-electron chi connectivity index (χ0n) is 3.83. The molecule has 40 valence electrons. The minimum Gasteiger partial charge on any atom is -0.309 e. The van der Waals surface area contributed by atoms with Crippen LogP contribution < -0.4 is 11.8 Å². The van der Waals surface area contributed by atoms with Crippen LogP contribution in [0.15, 0.2) is 0 Å². The maximum atomic E-state index is 5.03. The lowest BCUT2D eigenvalue weighted by Gasteiger charge is -2.03. The maximum Gasteiger partial charge on any atom is 0.115 e. The lowest BCUT2D eigenvalue weighted by molar-refractivity contribution is 0.0241. The van der Waals surface area contributed by atoms with Gasteiger partial charge in [0, 0.05) is 0 Å². The number of rotatable bonds is 3. The molecule has 4 nitrogen and oxygen atoms in total. The van der Waals surface area contributed by atoms with Crippen molar-refractivity contribution in [1.29, 1.82) is 0 Å². The van der Waals surface area contributed by atoms with Gasteiger partial charge in [-0.25, -0.2) is 11.8 Å². The van der Waals surface area contributed by atoms with Gasteiger partial charge in [0.25, 0.3) is 0 Å². The molecule has 2 radical (unpaired) electrons. The molecule has 0 saturated heterocycles. The van der Waals surface area contributed by atoms with Crippen molar-refractivity contribution in [2.45, 2.75) is 6.00 Å². The van der Waals surface area contributed by atoms with E-state index in [0.717, 1.165) is 0 Å². The Balaban J connectivity index is 2.83. The molecule has 0 saturated carbocycles. The summed E-state index contributed by atoms with van der Waals surface area (Å²) in [5.74, 6) is 9.19. The average molecular weight is 102 g/mol. The van der Waals surface area contributed by atoms with E-state index in [4.69, 9.17) is 7.85 Å². The van der Waals surface area contributed by atoms with Crippen molar-refractivity contribution in [3.05, 3.63) is 0 Å². The standard InChI is InChI=1S/C2H7BN2O2/c3-2(7-5)1-6-4/h2H,1,4-5H2/t2-/m1/s1. The number of nitrogens with two attached hydrogens (primary N) is 2. The van der Waals surface area contributed by atoms with Gasteiger partial charge in [-0.2, -0.15) is 0 Å². The fourth-order valence-corrected chi connectivity index (χ4v) is 0.134. The first kappa shape index (κ1) is 6.90. The van der Waals surface area contributed by atoms with E-state index < -0.39 is 6.00 Å². The Morgan fingerprint density at radius 3 is 2.29 bits per heavy atom. The topological polar surface area (TPSA) is 70.5 Å². The Bertz CT molecular complexity index is 44.7. The lowest BCUT2D eigenvalue weighted by Crippen LogP contribution is -2.24. The van der Waals surface area contributed by atoms with Crippen LogP contribution in [-0.2, 0) is 9.68 Å². The summed E-state index contributed by atoms with van der Waals surface area (Å²) in [6.45, 7) is 0.108. The molecule has 0 aliphatic heterocycles. The Kier molecular flexibility index (Phi) is 4.02. The highest BCUT2D eigenvalue weighted by atomic mass is 16.7. The van der Waals surface area contributed by atoms with Gasteiger partial charge in [0.15, 0.2) is 0 Å². The molecule has 0 bridgehead atoms. The summed E-state index contributed by atoms with van der Waals surface area (Å²) in [5, 5.41) is 0. The van der Waals surface area contributed by atoms with E-state index in [1.54, 1.807) is 0 Å². The summed E-state index contributed by atoms with van der Waals surface area (Å²) in [7, 11) is 5.03. The lowest BCUT2D eigenvalue weighted by atomic mass is 10.0. The van der Waals surface area contributed by atoms with Crippen LogP contribution >= 0.6 is 0 Å². The summed E-state index contributed by atoms with van der Waals surface area (Å²) < 4.78 is 0. The fraction of sp³-hybridized carbons (Fsp3) is 1.00. The third-order valence-electron chi connectivity index (χ3n) is 0.435. The van der Waals surface area contributed by atoms with Crippen LogP contribution in [0.4, 0.5) is 0 Å². The van der Waals surface area contributed by atoms with Gasteiger partial charge in [-0.3, -0.25) is 0 Å². The minimum absolute atomic E-state index is 0.108. The van der Waals surface area contributed by atoms with Crippen LogP contribution in [0, 0.1) is 0 Å². The third-order valence-corrected chi connectivity index (χ3v) is 0.435. The molecule has 0 heterocycles. The number of hydrogen-bond acceptors (Lipinski definition) is 4. The quantitative estimate of drug-likeness (QED) is 0.327. The Morgan fingerprint density at radius 1 is 1.57 bits per heavy atom. The van der Waals surface area contributed by atoms with Gasteiger partial charge >= 0.3 is 0 Å². The summed E-state index contributed by atoms with van der Waals surface area (Å²) >= 11 is 0. The fourth-order valence-electron chi connectivity index (χ4n) is 0.134. The zero-order chi connectivity index (χ0) is 5.70. The largest absolute Gasteiger partial charge is 0.309 e. The number of hydrogen-bond donors (Lipinski definition) is 2. The van der Waals surface area contributed by atoms with Gasteiger partial charge in [0.05, 0.1) is 12.6 Å². The van der Waals surface area contributed by atoms with Gasteiger partial charge in [-0.1, -0.05) is 0 Å². The highest BCUT2D eigenvalue weighted by Gasteiger charge is 1.94. The van der Waals surface area contributed by atoms with Crippen LogP contribution in [0.3, 0.4) is 0 Å². The van der Waals surface area contributed by atoms with Gasteiger partial charge in [-0.15, -0.1) is 0 Å². The molecule has 0 aromatic heterocycles. The molecule has 0 rings (SSSR count). The normalized spacial score (nSPS) is 14.0. The third kappa shape index (κ3) is 3.74. The second-order valence-electron chi connectivity index (χ2n) is 1.01. The van der Waals surface area contributed by atoms with E-state index in [1.807, 2.05) is 0 Å². The van der Waals surface area contributed by atoms with Crippen LogP contribution in [0.2, 0.25) is 0 Å². The molecule has 5 heteroatoms. The van der Waals surface area contributed by atoms with Crippen molar-refractivity contribution in [3.63, 3.8) is 0 Å². The van der Waals surface area contributed by atoms with E-state index in [0.29, 0.717) is 0 Å². The van der Waals surface area contributed by atoms with Crippen LogP contribution in [-0.4, -0.2) is 20.5 Å². The molecule has 4 N–H and O–H groups in total. The molecule has 1 atom stereocenters. The molecule has 0 fully saturated rings. The van der Waals surface area contributed by atoms with Crippen LogP contribution in [0.25, 0.3) is 0 Å². The van der Waals surface area contributed by atoms with Gasteiger partial charge in [0.1, 0.15) is 7.85 Å². The summed E-state index contributed by atoms with van der Waals surface area (Å²) in [4.78, 5) is 8.13. The smallest absolute Gasteiger partial charge is 0.115 e. The second kappa shape index (κ2) is 4.07. The minimum atomic E-state index is -0.620. The van der Waals surface area contributed by atoms with E-state index in [-0.39, 0.29) is 6.61 Å². The molecule has 0 aliphatic carbocycles. The Hall–Kier alpha value is -0.0951. The summed E-state index contributed by atoms with van der Waals surface area (Å²) in [6, 6.07) is -0.620. The first-order valence-corrected chi connectivity index (χ1v) is 1.74. The molecule has 0 unspecified atom stereocenters. The molecule has 0 amide bonds. The molecule has 0 aromatic rings. The summed E-state index contributed by atoms with van der Waals surface area (Å²) in [5.41, 5.74) is 0. The van der Waals surface area contributed by atoms with Crippen molar-refractivity contribution in [2.24, 2.45) is 11.8 Å². The SMILES string of the molecule is [B][C@@H](CON)ON. The highest BCUT2D eigenvalue weighted by Crippen LogP contribution is 1.75. The maximum absolute atomic E-state index is 5.03. The van der Waals surface area contributed by atoms with Gasteiger partial charge in [0.2, 0.25) is 0 Å².